The lowest BCUT2D eigenvalue weighted by atomic mass is 10.2. The van der Waals surface area contributed by atoms with Crippen LogP contribution in [-0.2, 0) is 4.79 Å². The first-order chi connectivity index (χ1) is 8.04. The highest BCUT2D eigenvalue weighted by atomic mass is 35.5. The summed E-state index contributed by atoms with van der Waals surface area (Å²) < 4.78 is 5.42. The van der Waals surface area contributed by atoms with Crippen molar-refractivity contribution in [3.05, 3.63) is 23.2 Å². The number of hydrogen-bond acceptors (Lipinski definition) is 3. The molecule has 0 aliphatic rings. The van der Waals surface area contributed by atoms with Crippen LogP contribution in [0, 0.1) is 0 Å². The Morgan fingerprint density at radius 1 is 1.56 bits per heavy atom. The standard InChI is InChI=1S/C12H17ClN2O2.ClH/c1-3-6-17-11-5-4-9(7-10(11)13)15-12(16)8(2)14;/h4-5,7-8H,3,6,14H2,1-2H3,(H,15,16);1H/t8-;/m0./s1. The van der Waals surface area contributed by atoms with E-state index in [-0.39, 0.29) is 18.3 Å². The highest BCUT2D eigenvalue weighted by Crippen LogP contribution is 2.27. The summed E-state index contributed by atoms with van der Waals surface area (Å²) in [7, 11) is 0. The van der Waals surface area contributed by atoms with Crippen LogP contribution in [0.1, 0.15) is 20.3 Å². The average Bonchev–Trinajstić information content (AvgIpc) is 2.28. The van der Waals surface area contributed by atoms with Crippen LogP contribution >= 0.6 is 24.0 Å². The fourth-order valence-corrected chi connectivity index (χ4v) is 1.40. The van der Waals surface area contributed by atoms with Gasteiger partial charge in [-0.05, 0) is 31.5 Å². The first-order valence-corrected chi connectivity index (χ1v) is 5.91. The van der Waals surface area contributed by atoms with E-state index in [9.17, 15) is 4.79 Å². The maximum absolute atomic E-state index is 11.4. The Hall–Kier alpha value is -0.970. The smallest absolute Gasteiger partial charge is 0.240 e. The fraction of sp³-hybridized carbons (Fsp3) is 0.417. The summed E-state index contributed by atoms with van der Waals surface area (Å²) in [5.41, 5.74) is 6.06. The predicted molar refractivity (Wildman–Crippen MR) is 76.8 cm³/mol. The van der Waals surface area contributed by atoms with E-state index in [1.54, 1.807) is 25.1 Å². The largest absolute Gasteiger partial charge is 0.492 e. The Morgan fingerprint density at radius 2 is 2.22 bits per heavy atom. The van der Waals surface area contributed by atoms with Gasteiger partial charge in [0, 0.05) is 5.69 Å². The third-order valence-corrected chi connectivity index (χ3v) is 2.37. The third-order valence-electron chi connectivity index (χ3n) is 2.07. The van der Waals surface area contributed by atoms with Crippen LogP contribution < -0.4 is 15.8 Å². The second-order valence-corrected chi connectivity index (χ2v) is 4.18. The summed E-state index contributed by atoms with van der Waals surface area (Å²) in [6.45, 7) is 4.26. The molecule has 18 heavy (non-hydrogen) atoms. The summed E-state index contributed by atoms with van der Waals surface area (Å²) in [4.78, 5) is 11.4. The Balaban J connectivity index is 0.00000289. The highest BCUT2D eigenvalue weighted by molar-refractivity contribution is 6.32. The lowest BCUT2D eigenvalue weighted by molar-refractivity contribution is -0.117. The Labute approximate surface area is 118 Å². The number of nitrogens with one attached hydrogen (secondary N) is 1. The first kappa shape index (κ1) is 17.0. The van der Waals surface area contributed by atoms with Gasteiger partial charge in [0.15, 0.2) is 0 Å². The number of ether oxygens (including phenoxy) is 1. The fourth-order valence-electron chi connectivity index (χ4n) is 1.16. The second-order valence-electron chi connectivity index (χ2n) is 3.77. The molecule has 0 aliphatic heterocycles. The van der Waals surface area contributed by atoms with Crippen LogP contribution in [0.2, 0.25) is 5.02 Å². The molecule has 1 amide bonds. The van der Waals surface area contributed by atoms with Crippen LogP contribution in [-0.4, -0.2) is 18.6 Å². The molecule has 0 radical (unpaired) electrons. The van der Waals surface area contributed by atoms with E-state index in [0.29, 0.717) is 23.1 Å². The van der Waals surface area contributed by atoms with Crippen LogP contribution in [0.3, 0.4) is 0 Å². The molecule has 1 atom stereocenters. The zero-order chi connectivity index (χ0) is 12.8. The zero-order valence-corrected chi connectivity index (χ0v) is 12.0. The quantitative estimate of drug-likeness (QED) is 0.877. The van der Waals surface area contributed by atoms with Crippen molar-refractivity contribution >= 4 is 35.6 Å². The van der Waals surface area contributed by atoms with Gasteiger partial charge in [-0.25, -0.2) is 0 Å². The van der Waals surface area contributed by atoms with E-state index >= 15 is 0 Å². The lowest BCUT2D eigenvalue weighted by Crippen LogP contribution is -2.32. The van der Waals surface area contributed by atoms with Crippen LogP contribution in [0.15, 0.2) is 18.2 Å². The molecule has 1 aromatic carbocycles. The monoisotopic (exact) mass is 292 g/mol. The van der Waals surface area contributed by atoms with E-state index in [4.69, 9.17) is 22.1 Å². The molecular weight excluding hydrogens is 275 g/mol. The van der Waals surface area contributed by atoms with Gasteiger partial charge in [0.1, 0.15) is 5.75 Å². The minimum atomic E-state index is -0.551. The molecule has 4 nitrogen and oxygen atoms in total. The molecule has 0 saturated carbocycles. The van der Waals surface area contributed by atoms with Gasteiger partial charge < -0.3 is 15.8 Å². The third kappa shape index (κ3) is 5.12. The van der Waals surface area contributed by atoms with Gasteiger partial charge in [0.25, 0.3) is 0 Å². The number of anilines is 1. The molecule has 0 heterocycles. The topological polar surface area (TPSA) is 64.3 Å². The SMILES string of the molecule is CCCOc1ccc(NC(=O)[C@H](C)N)cc1Cl.Cl. The maximum atomic E-state index is 11.4. The molecule has 0 fully saturated rings. The Morgan fingerprint density at radius 3 is 2.72 bits per heavy atom. The molecule has 0 aromatic heterocycles. The minimum Gasteiger partial charge on any atom is -0.492 e. The molecule has 1 aromatic rings. The van der Waals surface area contributed by atoms with Gasteiger partial charge in [-0.3, -0.25) is 4.79 Å². The van der Waals surface area contributed by atoms with Crippen molar-refractivity contribution in [2.45, 2.75) is 26.3 Å². The summed E-state index contributed by atoms with van der Waals surface area (Å²) in [5.74, 6) is 0.371. The molecule has 3 N–H and O–H groups in total. The number of carbonyl (C=O) groups is 1. The van der Waals surface area contributed by atoms with Crippen molar-refractivity contribution in [3.63, 3.8) is 0 Å². The minimum absolute atomic E-state index is 0. The van der Waals surface area contributed by atoms with Crippen molar-refractivity contribution in [2.75, 3.05) is 11.9 Å². The Bertz CT molecular complexity index is 398. The Kier molecular flexibility index (Phi) is 7.75. The molecular formula is C12H18Cl2N2O2. The van der Waals surface area contributed by atoms with Crippen LogP contribution in [0.25, 0.3) is 0 Å². The molecule has 6 heteroatoms. The summed E-state index contributed by atoms with van der Waals surface area (Å²) >= 11 is 6.02. The van der Waals surface area contributed by atoms with Gasteiger partial charge in [-0.15, -0.1) is 12.4 Å². The highest BCUT2D eigenvalue weighted by Gasteiger charge is 2.09. The van der Waals surface area contributed by atoms with Crippen molar-refractivity contribution < 1.29 is 9.53 Å². The second kappa shape index (κ2) is 8.19. The van der Waals surface area contributed by atoms with Gasteiger partial charge in [0.2, 0.25) is 5.91 Å². The number of halogens is 2. The molecule has 0 spiro atoms. The summed E-state index contributed by atoms with van der Waals surface area (Å²) in [6.07, 6.45) is 0.916. The summed E-state index contributed by atoms with van der Waals surface area (Å²) in [5, 5.41) is 3.13. The molecule has 0 aliphatic carbocycles. The molecule has 0 bridgehead atoms. The van der Waals surface area contributed by atoms with E-state index in [2.05, 4.69) is 5.32 Å². The van der Waals surface area contributed by atoms with Gasteiger partial charge in [0.05, 0.1) is 17.7 Å². The van der Waals surface area contributed by atoms with Gasteiger partial charge >= 0.3 is 0 Å². The summed E-state index contributed by atoms with van der Waals surface area (Å²) in [6, 6.07) is 4.56. The molecule has 0 unspecified atom stereocenters. The van der Waals surface area contributed by atoms with Crippen molar-refractivity contribution in [1.82, 2.24) is 0 Å². The van der Waals surface area contributed by atoms with E-state index < -0.39 is 6.04 Å². The normalized spacial score (nSPS) is 11.3. The van der Waals surface area contributed by atoms with Crippen LogP contribution in [0.5, 0.6) is 5.75 Å². The first-order valence-electron chi connectivity index (χ1n) is 5.53. The predicted octanol–water partition coefficient (Wildman–Crippen LogP) is 2.84. The molecule has 102 valence electrons. The van der Waals surface area contributed by atoms with Crippen LogP contribution in [0.4, 0.5) is 5.69 Å². The lowest BCUT2D eigenvalue weighted by Gasteiger charge is -2.10. The number of amides is 1. The number of rotatable bonds is 5. The van der Waals surface area contributed by atoms with E-state index in [1.165, 1.54) is 0 Å². The van der Waals surface area contributed by atoms with Crippen molar-refractivity contribution in [3.8, 4) is 5.75 Å². The van der Waals surface area contributed by atoms with Crippen molar-refractivity contribution in [2.24, 2.45) is 5.73 Å². The molecule has 0 saturated heterocycles. The molecule has 1 rings (SSSR count). The number of nitrogens with two attached hydrogens (primary N) is 1. The van der Waals surface area contributed by atoms with Gasteiger partial charge in [-0.1, -0.05) is 18.5 Å². The number of carbonyl (C=O) groups excluding carboxylic acids is 1. The van der Waals surface area contributed by atoms with E-state index in [1.807, 2.05) is 6.92 Å². The number of hydrogen-bond donors (Lipinski definition) is 2. The zero-order valence-electron chi connectivity index (χ0n) is 10.4. The average molecular weight is 293 g/mol. The maximum Gasteiger partial charge on any atom is 0.240 e. The van der Waals surface area contributed by atoms with E-state index in [0.717, 1.165) is 6.42 Å². The van der Waals surface area contributed by atoms with Gasteiger partial charge in [-0.2, -0.15) is 0 Å². The van der Waals surface area contributed by atoms with Crippen molar-refractivity contribution in [1.29, 1.82) is 0 Å². The number of benzene rings is 1.